The molecule has 1 aliphatic rings. The molecule has 0 unspecified atom stereocenters. The van der Waals surface area contributed by atoms with Crippen molar-refractivity contribution in [3.05, 3.63) is 48.0 Å². The Hall–Kier alpha value is -4.03. The highest BCUT2D eigenvalue weighted by Gasteiger charge is 2.31. The summed E-state index contributed by atoms with van der Waals surface area (Å²) >= 11 is 0. The maximum absolute atomic E-state index is 14.3. The maximum Gasteiger partial charge on any atom is 0.323 e. The molecule has 12 heteroatoms. The number of fused-ring (bicyclic) bond motifs is 1. The molecule has 2 aromatic carbocycles. The van der Waals surface area contributed by atoms with Gasteiger partial charge in [-0.05, 0) is 89.4 Å². The normalized spacial score (nSPS) is 20.1. The van der Waals surface area contributed by atoms with Crippen molar-refractivity contribution in [3.8, 4) is 11.5 Å². The Morgan fingerprint density at radius 3 is 2.39 bits per heavy atom. The number of amides is 5. The van der Waals surface area contributed by atoms with Crippen molar-refractivity contribution in [1.82, 2.24) is 15.1 Å². The number of hydrogen-bond donors (Lipinski definition) is 4. The molecule has 0 radical (unpaired) electrons. The molecule has 0 saturated carbocycles. The van der Waals surface area contributed by atoms with Gasteiger partial charge in [0.15, 0.2) is 0 Å². The van der Waals surface area contributed by atoms with Crippen molar-refractivity contribution in [2.45, 2.75) is 78.2 Å². The van der Waals surface area contributed by atoms with Gasteiger partial charge in [-0.1, -0.05) is 6.92 Å². The lowest BCUT2D eigenvalue weighted by molar-refractivity contribution is -0.0122. The number of hydrogen-bond acceptors (Lipinski definition) is 7. The zero-order chi connectivity index (χ0) is 33.8. The van der Waals surface area contributed by atoms with Crippen LogP contribution in [0.1, 0.15) is 64.2 Å². The van der Waals surface area contributed by atoms with Gasteiger partial charge in [-0.25, -0.2) is 9.59 Å². The molecule has 0 saturated heterocycles. The lowest BCUT2D eigenvalue weighted by Crippen LogP contribution is -2.49. The summed E-state index contributed by atoms with van der Waals surface area (Å²) in [5.41, 5.74) is 1.24. The smallest absolute Gasteiger partial charge is 0.323 e. The first-order chi connectivity index (χ1) is 21.9. The topological polar surface area (TPSA) is 142 Å². The zero-order valence-corrected chi connectivity index (χ0v) is 28.2. The number of nitrogens with zero attached hydrogens (tertiary/aromatic N) is 2. The fourth-order valence-corrected chi connectivity index (χ4v) is 5.14. The number of benzene rings is 2. The zero-order valence-electron chi connectivity index (χ0n) is 28.2. The number of urea groups is 2. The van der Waals surface area contributed by atoms with Crippen LogP contribution in [0.3, 0.4) is 0 Å². The van der Waals surface area contributed by atoms with E-state index in [-0.39, 0.29) is 54.8 Å². The first kappa shape index (κ1) is 36.4. The van der Waals surface area contributed by atoms with Gasteiger partial charge < -0.3 is 45.1 Å². The third-order valence-electron chi connectivity index (χ3n) is 7.87. The third-order valence-corrected chi connectivity index (χ3v) is 7.87. The molecule has 3 rings (SSSR count). The van der Waals surface area contributed by atoms with Crippen molar-refractivity contribution in [2.75, 3.05) is 51.1 Å². The van der Waals surface area contributed by atoms with Crippen LogP contribution in [0.5, 0.6) is 11.5 Å². The molecule has 5 amide bonds. The van der Waals surface area contributed by atoms with E-state index in [9.17, 15) is 19.5 Å². The Bertz CT molecular complexity index is 1290. The minimum atomic E-state index is -0.522. The molecule has 4 N–H and O–H groups in total. The van der Waals surface area contributed by atoms with E-state index in [4.69, 9.17) is 14.2 Å². The number of carbonyl (C=O) groups excluding carboxylic acids is 3. The summed E-state index contributed by atoms with van der Waals surface area (Å²) < 4.78 is 17.8. The standard InChI is InChI=1S/C34H51N5O7/c1-22(2)35-34(43)38(6)20-31-23(3)19-39(24(4)21-40)32(41)29-18-27(13-16-30(29)46-25(5)10-8-9-17-45-31)37-33(42)36-26-11-14-28(44-7)15-12-26/h11-16,18,22-25,31,40H,8-10,17,19-21H2,1-7H3,(H,35,43)(H2,36,37,42)/t23-,24+,25+,31+/m0/s1. The molecule has 0 bridgehead atoms. The van der Waals surface area contributed by atoms with Crippen LogP contribution < -0.4 is 25.4 Å². The molecule has 254 valence electrons. The Labute approximate surface area is 272 Å². The SMILES string of the molecule is COc1ccc(NC(=O)Nc2ccc3c(c2)C(=O)N([C@H](C)CO)C[C@H](C)[C@@H](CN(C)C(=O)NC(C)C)OCCCC[C@@H](C)O3)cc1. The number of ether oxygens (including phenoxy) is 3. The number of anilines is 2. The van der Waals surface area contributed by atoms with E-state index >= 15 is 0 Å². The number of aliphatic hydroxyl groups is 1. The number of rotatable bonds is 8. The van der Waals surface area contributed by atoms with Crippen LogP contribution in [0.4, 0.5) is 21.0 Å². The summed E-state index contributed by atoms with van der Waals surface area (Å²) in [6, 6.07) is 10.7. The predicted octanol–water partition coefficient (Wildman–Crippen LogP) is 5.18. The van der Waals surface area contributed by atoms with Gasteiger partial charge in [0.2, 0.25) is 0 Å². The van der Waals surface area contributed by atoms with Crippen LogP contribution in [-0.2, 0) is 4.74 Å². The first-order valence-corrected chi connectivity index (χ1v) is 16.0. The molecule has 0 aliphatic carbocycles. The van der Waals surface area contributed by atoms with Gasteiger partial charge in [0.25, 0.3) is 5.91 Å². The van der Waals surface area contributed by atoms with Crippen LogP contribution in [0.25, 0.3) is 0 Å². The average molecular weight is 642 g/mol. The second kappa shape index (κ2) is 17.6. The van der Waals surface area contributed by atoms with Gasteiger partial charge in [0, 0.05) is 50.1 Å². The molecule has 12 nitrogen and oxygen atoms in total. The molecule has 1 heterocycles. The number of likely N-dealkylation sites (N-methyl/N-ethyl adjacent to an activating group) is 1. The average Bonchev–Trinajstić information content (AvgIpc) is 3.02. The lowest BCUT2D eigenvalue weighted by Gasteiger charge is -2.36. The van der Waals surface area contributed by atoms with E-state index in [1.54, 1.807) is 73.3 Å². The summed E-state index contributed by atoms with van der Waals surface area (Å²) in [7, 11) is 3.30. The summed E-state index contributed by atoms with van der Waals surface area (Å²) in [5, 5.41) is 18.7. The fraction of sp³-hybridized carbons (Fsp3) is 0.559. The molecule has 0 spiro atoms. The van der Waals surface area contributed by atoms with Crippen LogP contribution in [0.15, 0.2) is 42.5 Å². The van der Waals surface area contributed by atoms with E-state index in [1.807, 2.05) is 27.7 Å². The minimum Gasteiger partial charge on any atom is -0.497 e. The number of methoxy groups -OCH3 is 1. The van der Waals surface area contributed by atoms with Gasteiger partial charge in [-0.2, -0.15) is 0 Å². The van der Waals surface area contributed by atoms with Crippen molar-refractivity contribution in [1.29, 1.82) is 0 Å². The molecule has 0 aromatic heterocycles. The molecular formula is C34H51N5O7. The van der Waals surface area contributed by atoms with Crippen LogP contribution in [-0.4, -0.2) is 97.6 Å². The summed E-state index contributed by atoms with van der Waals surface area (Å²) in [6.45, 7) is 10.4. The predicted molar refractivity (Wildman–Crippen MR) is 179 cm³/mol. The van der Waals surface area contributed by atoms with Crippen LogP contribution in [0, 0.1) is 5.92 Å². The fourth-order valence-electron chi connectivity index (χ4n) is 5.14. The highest BCUT2D eigenvalue weighted by atomic mass is 16.5. The number of aliphatic hydroxyl groups excluding tert-OH is 1. The van der Waals surface area contributed by atoms with Crippen molar-refractivity contribution in [3.63, 3.8) is 0 Å². The molecule has 0 fully saturated rings. The first-order valence-electron chi connectivity index (χ1n) is 16.0. The van der Waals surface area contributed by atoms with Crippen molar-refractivity contribution >= 4 is 29.3 Å². The van der Waals surface area contributed by atoms with E-state index in [2.05, 4.69) is 16.0 Å². The van der Waals surface area contributed by atoms with Crippen LogP contribution >= 0.6 is 0 Å². The Kier molecular flexibility index (Phi) is 13.9. The van der Waals surface area contributed by atoms with E-state index in [1.165, 1.54) is 0 Å². The van der Waals surface area contributed by atoms with E-state index in [0.29, 0.717) is 36.0 Å². The Balaban J connectivity index is 1.90. The summed E-state index contributed by atoms with van der Waals surface area (Å²) in [6.07, 6.45) is 1.88. The van der Waals surface area contributed by atoms with Gasteiger partial charge in [-0.3, -0.25) is 4.79 Å². The van der Waals surface area contributed by atoms with E-state index < -0.39 is 12.1 Å². The lowest BCUT2D eigenvalue weighted by atomic mass is 10.0. The van der Waals surface area contributed by atoms with Gasteiger partial charge in [0.1, 0.15) is 11.5 Å². The highest BCUT2D eigenvalue weighted by molar-refractivity contribution is 6.02. The molecular weight excluding hydrogens is 590 g/mol. The number of carbonyl (C=O) groups is 3. The molecule has 46 heavy (non-hydrogen) atoms. The molecule has 1 aliphatic heterocycles. The Morgan fingerprint density at radius 1 is 1.07 bits per heavy atom. The third kappa shape index (κ3) is 10.8. The van der Waals surface area contributed by atoms with Crippen molar-refractivity contribution in [2.24, 2.45) is 5.92 Å². The van der Waals surface area contributed by atoms with Gasteiger partial charge >= 0.3 is 12.1 Å². The Morgan fingerprint density at radius 2 is 1.74 bits per heavy atom. The van der Waals surface area contributed by atoms with Crippen LogP contribution in [0.2, 0.25) is 0 Å². The van der Waals surface area contributed by atoms with Gasteiger partial charge in [0.05, 0.1) is 37.5 Å². The molecule has 2 aromatic rings. The molecule has 4 atom stereocenters. The maximum atomic E-state index is 14.3. The minimum absolute atomic E-state index is 0.00650. The summed E-state index contributed by atoms with van der Waals surface area (Å²) in [5.74, 6) is 0.533. The largest absolute Gasteiger partial charge is 0.497 e. The number of nitrogens with one attached hydrogen (secondary N) is 3. The van der Waals surface area contributed by atoms with E-state index in [0.717, 1.165) is 19.3 Å². The van der Waals surface area contributed by atoms with Gasteiger partial charge in [-0.15, -0.1) is 0 Å². The summed E-state index contributed by atoms with van der Waals surface area (Å²) in [4.78, 5) is 43.0. The highest BCUT2D eigenvalue weighted by Crippen LogP contribution is 2.29. The second-order valence-electron chi connectivity index (χ2n) is 12.3. The quantitative estimate of drug-likeness (QED) is 0.311. The monoisotopic (exact) mass is 641 g/mol. The second-order valence-corrected chi connectivity index (χ2v) is 12.3. The van der Waals surface area contributed by atoms with Crippen molar-refractivity contribution < 1.29 is 33.7 Å².